The summed E-state index contributed by atoms with van der Waals surface area (Å²) < 4.78 is 3.03. The monoisotopic (exact) mass is 365 g/mol. The van der Waals surface area contributed by atoms with E-state index in [1.54, 1.807) is 47.2 Å². The average Bonchev–Trinajstić information content (AvgIpc) is 3.12. The van der Waals surface area contributed by atoms with Crippen molar-refractivity contribution < 1.29 is 9.72 Å². The Labute approximate surface area is 153 Å². The van der Waals surface area contributed by atoms with Gasteiger partial charge in [-0.3, -0.25) is 19.7 Å². The van der Waals surface area contributed by atoms with Gasteiger partial charge in [-0.05, 0) is 30.3 Å². The number of rotatable bonds is 6. The molecule has 136 valence electrons. The molecule has 0 unspecified atom stereocenters. The minimum absolute atomic E-state index is 0.00420. The lowest BCUT2D eigenvalue weighted by Gasteiger charge is -2.06. The lowest BCUT2D eigenvalue weighted by molar-refractivity contribution is -0.384. The van der Waals surface area contributed by atoms with Crippen LogP contribution in [-0.4, -0.2) is 26.2 Å². The molecular formula is C18H15N5O4. The summed E-state index contributed by atoms with van der Waals surface area (Å²) in [5.74, 6) is -0.437. The molecule has 0 aliphatic carbocycles. The van der Waals surface area contributed by atoms with Crippen LogP contribution in [0.1, 0.15) is 5.69 Å². The standard InChI is InChI=1S/C18H15N5O4/c24-17(13-21-10-2-1-5-18(21)25)20-19-12-16-4-3-11-22(16)14-6-8-15(9-7-14)23(26)27/h1-12H,13H2,(H,20,24)/b19-12-. The van der Waals surface area contributed by atoms with Crippen LogP contribution in [0.3, 0.4) is 0 Å². The highest BCUT2D eigenvalue weighted by molar-refractivity contribution is 5.81. The van der Waals surface area contributed by atoms with Crippen LogP contribution in [0.15, 0.2) is 76.9 Å². The fourth-order valence-electron chi connectivity index (χ4n) is 2.42. The van der Waals surface area contributed by atoms with E-state index in [4.69, 9.17) is 0 Å². The molecular weight excluding hydrogens is 350 g/mol. The number of hydrazone groups is 1. The largest absolute Gasteiger partial charge is 0.316 e. The van der Waals surface area contributed by atoms with E-state index in [1.807, 2.05) is 0 Å². The number of nitro groups is 1. The number of nitrogens with one attached hydrogen (secondary N) is 1. The van der Waals surface area contributed by atoms with Crippen molar-refractivity contribution in [3.8, 4) is 5.69 Å². The Bertz CT molecular complexity index is 1050. The van der Waals surface area contributed by atoms with Gasteiger partial charge in [-0.15, -0.1) is 0 Å². The molecule has 0 aliphatic rings. The number of nitrogens with zero attached hydrogens (tertiary/aromatic N) is 4. The van der Waals surface area contributed by atoms with Gasteiger partial charge in [-0.2, -0.15) is 5.10 Å². The van der Waals surface area contributed by atoms with Gasteiger partial charge in [-0.1, -0.05) is 6.07 Å². The van der Waals surface area contributed by atoms with Gasteiger partial charge in [-0.25, -0.2) is 5.43 Å². The van der Waals surface area contributed by atoms with Crippen LogP contribution in [0.25, 0.3) is 5.69 Å². The molecule has 3 aromatic rings. The molecule has 9 nitrogen and oxygen atoms in total. The van der Waals surface area contributed by atoms with Crippen molar-refractivity contribution in [3.05, 3.63) is 93.2 Å². The second kappa shape index (κ2) is 7.91. The molecule has 0 bridgehead atoms. The molecule has 1 aromatic carbocycles. The Kier molecular flexibility index (Phi) is 5.22. The molecule has 0 aliphatic heterocycles. The lowest BCUT2D eigenvalue weighted by atomic mass is 10.3. The molecule has 27 heavy (non-hydrogen) atoms. The fraction of sp³-hybridized carbons (Fsp3) is 0.0556. The van der Waals surface area contributed by atoms with E-state index in [0.29, 0.717) is 11.4 Å². The van der Waals surface area contributed by atoms with Crippen LogP contribution in [0.5, 0.6) is 0 Å². The third kappa shape index (κ3) is 4.34. The first kappa shape index (κ1) is 17.8. The average molecular weight is 365 g/mol. The van der Waals surface area contributed by atoms with E-state index in [2.05, 4.69) is 10.5 Å². The summed E-state index contributed by atoms with van der Waals surface area (Å²) in [6.07, 6.45) is 4.74. The smallest absolute Gasteiger partial charge is 0.269 e. The van der Waals surface area contributed by atoms with Crippen LogP contribution in [0.2, 0.25) is 0 Å². The molecule has 0 saturated carbocycles. The van der Waals surface area contributed by atoms with Gasteiger partial charge < -0.3 is 9.13 Å². The summed E-state index contributed by atoms with van der Waals surface area (Å²) in [6, 6.07) is 14.3. The quantitative estimate of drug-likeness (QED) is 0.407. The number of hydrogen-bond donors (Lipinski definition) is 1. The maximum atomic E-state index is 11.9. The zero-order valence-corrected chi connectivity index (χ0v) is 14.1. The van der Waals surface area contributed by atoms with Crippen LogP contribution >= 0.6 is 0 Å². The van der Waals surface area contributed by atoms with Crippen molar-refractivity contribution in [1.82, 2.24) is 14.6 Å². The second-order valence-electron chi connectivity index (χ2n) is 5.54. The summed E-state index contributed by atoms with van der Waals surface area (Å²) >= 11 is 0. The molecule has 1 amide bonds. The van der Waals surface area contributed by atoms with E-state index >= 15 is 0 Å². The number of carbonyl (C=O) groups excluding carboxylic acids is 1. The van der Waals surface area contributed by atoms with E-state index in [-0.39, 0.29) is 17.8 Å². The molecule has 1 N–H and O–H groups in total. The Morgan fingerprint density at radius 1 is 1.11 bits per heavy atom. The predicted octanol–water partition coefficient (Wildman–Crippen LogP) is 1.70. The van der Waals surface area contributed by atoms with E-state index < -0.39 is 10.8 Å². The highest BCUT2D eigenvalue weighted by Gasteiger charge is 2.07. The fourth-order valence-corrected chi connectivity index (χ4v) is 2.42. The third-order valence-corrected chi connectivity index (χ3v) is 3.72. The van der Waals surface area contributed by atoms with Gasteiger partial charge in [0, 0.05) is 36.3 Å². The maximum Gasteiger partial charge on any atom is 0.269 e. The summed E-state index contributed by atoms with van der Waals surface area (Å²) in [6.45, 7) is -0.139. The number of carbonyl (C=O) groups is 1. The van der Waals surface area contributed by atoms with Crippen molar-refractivity contribution in [2.45, 2.75) is 6.54 Å². The molecule has 0 saturated heterocycles. The Morgan fingerprint density at radius 3 is 2.59 bits per heavy atom. The van der Waals surface area contributed by atoms with Crippen molar-refractivity contribution in [2.75, 3.05) is 0 Å². The first-order chi connectivity index (χ1) is 13.0. The van der Waals surface area contributed by atoms with Gasteiger partial charge in [0.2, 0.25) is 0 Å². The predicted molar refractivity (Wildman–Crippen MR) is 98.9 cm³/mol. The second-order valence-corrected chi connectivity index (χ2v) is 5.54. The summed E-state index contributed by atoms with van der Waals surface area (Å²) in [5.41, 5.74) is 3.48. The first-order valence-corrected chi connectivity index (χ1v) is 7.94. The van der Waals surface area contributed by atoms with Gasteiger partial charge in [0.05, 0.1) is 16.8 Å². The molecule has 0 radical (unpaired) electrons. The normalized spacial score (nSPS) is 10.8. The summed E-state index contributed by atoms with van der Waals surface area (Å²) in [7, 11) is 0. The van der Waals surface area contributed by atoms with Gasteiger partial charge in [0.1, 0.15) is 6.54 Å². The van der Waals surface area contributed by atoms with E-state index in [9.17, 15) is 19.7 Å². The number of hydrogen-bond acceptors (Lipinski definition) is 5. The minimum atomic E-state index is -0.463. The number of benzene rings is 1. The molecule has 3 rings (SSSR count). The summed E-state index contributed by atoms with van der Waals surface area (Å²) in [5, 5.41) is 14.6. The Balaban J connectivity index is 1.67. The molecule has 0 fully saturated rings. The van der Waals surface area contributed by atoms with Crippen LogP contribution in [0, 0.1) is 10.1 Å². The Hall–Kier alpha value is -4.01. The van der Waals surface area contributed by atoms with Crippen molar-refractivity contribution in [1.29, 1.82) is 0 Å². The highest BCUT2D eigenvalue weighted by Crippen LogP contribution is 2.16. The molecule has 9 heteroatoms. The first-order valence-electron chi connectivity index (χ1n) is 7.94. The van der Waals surface area contributed by atoms with Crippen LogP contribution in [-0.2, 0) is 11.3 Å². The van der Waals surface area contributed by atoms with Crippen molar-refractivity contribution in [3.63, 3.8) is 0 Å². The third-order valence-electron chi connectivity index (χ3n) is 3.72. The number of nitro benzene ring substituents is 1. The maximum absolute atomic E-state index is 11.9. The Morgan fingerprint density at radius 2 is 1.89 bits per heavy atom. The minimum Gasteiger partial charge on any atom is -0.316 e. The van der Waals surface area contributed by atoms with E-state index in [1.165, 1.54) is 35.2 Å². The topological polar surface area (TPSA) is 112 Å². The van der Waals surface area contributed by atoms with Crippen molar-refractivity contribution in [2.24, 2.45) is 5.10 Å². The lowest BCUT2D eigenvalue weighted by Crippen LogP contribution is -2.29. The number of amides is 1. The van der Waals surface area contributed by atoms with Gasteiger partial charge in [0.25, 0.3) is 17.2 Å². The molecule has 2 aromatic heterocycles. The van der Waals surface area contributed by atoms with Crippen LogP contribution in [0.4, 0.5) is 5.69 Å². The zero-order chi connectivity index (χ0) is 19.2. The number of non-ortho nitro benzene ring substituents is 1. The van der Waals surface area contributed by atoms with Crippen molar-refractivity contribution >= 4 is 17.8 Å². The van der Waals surface area contributed by atoms with E-state index in [0.717, 1.165) is 0 Å². The SMILES string of the molecule is O=C(Cn1ccccc1=O)N/N=C\c1cccn1-c1ccc([N+](=O)[O-])cc1. The molecule has 0 atom stereocenters. The molecule has 0 spiro atoms. The zero-order valence-electron chi connectivity index (χ0n) is 14.1. The molecule has 2 heterocycles. The van der Waals surface area contributed by atoms with Crippen LogP contribution < -0.4 is 11.0 Å². The highest BCUT2D eigenvalue weighted by atomic mass is 16.6. The van der Waals surface area contributed by atoms with Gasteiger partial charge >= 0.3 is 0 Å². The summed E-state index contributed by atoms with van der Waals surface area (Å²) in [4.78, 5) is 33.8. The van der Waals surface area contributed by atoms with Gasteiger partial charge in [0.15, 0.2) is 0 Å². The number of pyridine rings is 1. The number of aromatic nitrogens is 2.